The Morgan fingerprint density at radius 1 is 0.917 bits per heavy atom. The number of rotatable bonds is 5. The molecule has 2 aromatic carbocycles. The van der Waals surface area contributed by atoms with Gasteiger partial charge in [-0.05, 0) is 35.2 Å². The lowest BCUT2D eigenvalue weighted by Gasteiger charge is -2.04. The van der Waals surface area contributed by atoms with E-state index in [-0.39, 0.29) is 11.7 Å². The first-order chi connectivity index (χ1) is 11.7. The molecule has 0 aliphatic carbocycles. The summed E-state index contributed by atoms with van der Waals surface area (Å²) < 4.78 is 0. The second-order valence-electron chi connectivity index (χ2n) is 5.12. The van der Waals surface area contributed by atoms with Crippen LogP contribution in [0.25, 0.3) is 6.08 Å². The minimum absolute atomic E-state index is 0.0522. The van der Waals surface area contributed by atoms with Gasteiger partial charge in [-0.15, -0.1) is 11.3 Å². The van der Waals surface area contributed by atoms with E-state index in [1.54, 1.807) is 24.3 Å². The number of hydrogen-bond donors (Lipinski definition) is 1. The number of thiophene rings is 1. The highest BCUT2D eigenvalue weighted by Crippen LogP contribution is 2.16. The van der Waals surface area contributed by atoms with Crippen LogP contribution in [0.15, 0.2) is 78.2 Å². The minimum atomic E-state index is -0.133. The fraction of sp³-hybridized carbons (Fsp3) is 0. The van der Waals surface area contributed by atoms with Crippen molar-refractivity contribution in [3.63, 3.8) is 0 Å². The molecule has 3 aromatic rings. The van der Waals surface area contributed by atoms with Gasteiger partial charge in [0, 0.05) is 11.3 Å². The molecule has 0 spiro atoms. The van der Waals surface area contributed by atoms with Gasteiger partial charge in [0.05, 0.1) is 4.88 Å². The fourth-order valence-corrected chi connectivity index (χ4v) is 2.81. The summed E-state index contributed by atoms with van der Waals surface area (Å²) in [6.07, 6.45) is 3.28. The Kier molecular flexibility index (Phi) is 4.99. The third kappa shape index (κ3) is 4.06. The van der Waals surface area contributed by atoms with Crippen LogP contribution in [0.1, 0.15) is 25.6 Å². The zero-order valence-corrected chi connectivity index (χ0v) is 13.6. The first kappa shape index (κ1) is 15.9. The molecular weight excluding hydrogens is 318 g/mol. The van der Waals surface area contributed by atoms with E-state index < -0.39 is 0 Å². The number of anilines is 1. The van der Waals surface area contributed by atoms with E-state index >= 15 is 0 Å². The fourth-order valence-electron chi connectivity index (χ4n) is 2.19. The van der Waals surface area contributed by atoms with Crippen molar-refractivity contribution in [1.29, 1.82) is 0 Å². The Bertz CT molecular complexity index is 868. The van der Waals surface area contributed by atoms with Crippen LogP contribution in [0.2, 0.25) is 0 Å². The molecule has 0 bridgehead atoms. The van der Waals surface area contributed by atoms with Gasteiger partial charge in [0.2, 0.25) is 0 Å². The lowest BCUT2D eigenvalue weighted by atomic mass is 10.1. The number of nitrogens with one attached hydrogen (secondary N) is 1. The topological polar surface area (TPSA) is 46.2 Å². The summed E-state index contributed by atoms with van der Waals surface area (Å²) in [5.74, 6) is -0.185. The maximum Gasteiger partial charge on any atom is 0.265 e. The number of ketones is 1. The second kappa shape index (κ2) is 7.53. The third-order valence-corrected chi connectivity index (χ3v) is 4.24. The summed E-state index contributed by atoms with van der Waals surface area (Å²) in [6.45, 7) is 0. The maximum atomic E-state index is 12.1. The van der Waals surface area contributed by atoms with Crippen LogP contribution in [-0.4, -0.2) is 11.7 Å². The van der Waals surface area contributed by atoms with Crippen LogP contribution in [0.3, 0.4) is 0 Å². The molecule has 1 N–H and O–H groups in total. The van der Waals surface area contributed by atoms with Gasteiger partial charge in [-0.2, -0.15) is 0 Å². The Balaban J connectivity index is 1.70. The molecule has 0 aliphatic rings. The van der Waals surface area contributed by atoms with E-state index in [0.717, 1.165) is 5.56 Å². The molecule has 24 heavy (non-hydrogen) atoms. The van der Waals surface area contributed by atoms with Gasteiger partial charge in [-0.25, -0.2) is 0 Å². The van der Waals surface area contributed by atoms with Crippen LogP contribution in [0.4, 0.5) is 5.69 Å². The second-order valence-corrected chi connectivity index (χ2v) is 6.07. The lowest BCUT2D eigenvalue weighted by Crippen LogP contribution is -2.09. The van der Waals surface area contributed by atoms with Gasteiger partial charge in [0.1, 0.15) is 0 Å². The van der Waals surface area contributed by atoms with E-state index in [1.807, 2.05) is 53.9 Å². The van der Waals surface area contributed by atoms with Crippen molar-refractivity contribution in [3.8, 4) is 0 Å². The van der Waals surface area contributed by atoms with Crippen molar-refractivity contribution in [2.45, 2.75) is 0 Å². The first-order valence-electron chi connectivity index (χ1n) is 7.45. The normalized spacial score (nSPS) is 10.7. The van der Waals surface area contributed by atoms with E-state index in [9.17, 15) is 9.59 Å². The van der Waals surface area contributed by atoms with Crippen molar-refractivity contribution in [2.75, 3.05) is 5.32 Å². The monoisotopic (exact) mass is 333 g/mol. The van der Waals surface area contributed by atoms with Gasteiger partial charge in [0.15, 0.2) is 5.78 Å². The number of allylic oxidation sites excluding steroid dienone is 1. The highest BCUT2D eigenvalue weighted by molar-refractivity contribution is 7.12. The SMILES string of the molecule is O=C(/C=C/c1cccc(NC(=O)c2cccs2)c1)c1ccccc1. The smallest absolute Gasteiger partial charge is 0.265 e. The Morgan fingerprint density at radius 2 is 1.75 bits per heavy atom. The number of benzene rings is 2. The van der Waals surface area contributed by atoms with Gasteiger partial charge in [-0.1, -0.05) is 54.6 Å². The lowest BCUT2D eigenvalue weighted by molar-refractivity contribution is 0.102. The number of carbonyl (C=O) groups is 2. The molecule has 0 aliphatic heterocycles. The molecule has 1 heterocycles. The third-order valence-electron chi connectivity index (χ3n) is 3.37. The molecule has 1 amide bonds. The highest BCUT2D eigenvalue weighted by Gasteiger charge is 2.06. The predicted octanol–water partition coefficient (Wildman–Crippen LogP) is 4.90. The molecule has 0 radical (unpaired) electrons. The number of hydrogen-bond acceptors (Lipinski definition) is 3. The average Bonchev–Trinajstić information content (AvgIpc) is 3.15. The molecule has 0 saturated heterocycles. The number of carbonyl (C=O) groups excluding carboxylic acids is 2. The van der Waals surface area contributed by atoms with Crippen LogP contribution in [-0.2, 0) is 0 Å². The average molecular weight is 333 g/mol. The Labute approximate surface area is 144 Å². The first-order valence-corrected chi connectivity index (χ1v) is 8.33. The highest BCUT2D eigenvalue weighted by atomic mass is 32.1. The Hall–Kier alpha value is -2.98. The van der Waals surface area contributed by atoms with E-state index in [0.29, 0.717) is 16.1 Å². The van der Waals surface area contributed by atoms with E-state index in [4.69, 9.17) is 0 Å². The van der Waals surface area contributed by atoms with Crippen LogP contribution >= 0.6 is 11.3 Å². The van der Waals surface area contributed by atoms with Crippen molar-refractivity contribution >= 4 is 34.8 Å². The van der Waals surface area contributed by atoms with Crippen LogP contribution < -0.4 is 5.32 Å². The predicted molar refractivity (Wildman–Crippen MR) is 98.5 cm³/mol. The summed E-state index contributed by atoms with van der Waals surface area (Å²) in [7, 11) is 0. The van der Waals surface area contributed by atoms with Crippen molar-refractivity contribution in [2.24, 2.45) is 0 Å². The summed E-state index contributed by atoms with van der Waals surface area (Å²) >= 11 is 1.40. The standard InChI is InChI=1S/C20H15NO2S/c22-18(16-7-2-1-3-8-16)12-11-15-6-4-9-17(14-15)21-20(23)19-10-5-13-24-19/h1-14H,(H,21,23)/b12-11+. The molecule has 0 atom stereocenters. The zero-order valence-electron chi connectivity index (χ0n) is 12.8. The van der Waals surface area contributed by atoms with E-state index in [1.165, 1.54) is 17.4 Å². The van der Waals surface area contributed by atoms with Crippen molar-refractivity contribution in [3.05, 3.63) is 94.2 Å². The molecule has 3 rings (SSSR count). The molecular formula is C20H15NO2S. The summed E-state index contributed by atoms with van der Waals surface area (Å²) in [5, 5.41) is 4.72. The molecule has 4 heteroatoms. The molecule has 3 nitrogen and oxygen atoms in total. The summed E-state index contributed by atoms with van der Waals surface area (Å²) in [5.41, 5.74) is 2.20. The van der Waals surface area contributed by atoms with Gasteiger partial charge in [0.25, 0.3) is 5.91 Å². The van der Waals surface area contributed by atoms with Crippen LogP contribution in [0, 0.1) is 0 Å². The molecule has 0 fully saturated rings. The summed E-state index contributed by atoms with van der Waals surface area (Å²) in [6, 6.07) is 20.1. The van der Waals surface area contributed by atoms with Crippen molar-refractivity contribution in [1.82, 2.24) is 0 Å². The van der Waals surface area contributed by atoms with E-state index in [2.05, 4.69) is 5.32 Å². The van der Waals surface area contributed by atoms with Gasteiger partial charge < -0.3 is 5.32 Å². The number of amides is 1. The molecule has 0 unspecified atom stereocenters. The van der Waals surface area contributed by atoms with Crippen LogP contribution in [0.5, 0.6) is 0 Å². The summed E-state index contributed by atoms with van der Waals surface area (Å²) in [4.78, 5) is 24.8. The minimum Gasteiger partial charge on any atom is -0.321 e. The molecule has 1 aromatic heterocycles. The van der Waals surface area contributed by atoms with Gasteiger partial charge >= 0.3 is 0 Å². The van der Waals surface area contributed by atoms with Gasteiger partial charge in [-0.3, -0.25) is 9.59 Å². The largest absolute Gasteiger partial charge is 0.321 e. The quantitative estimate of drug-likeness (QED) is 0.533. The molecule has 118 valence electrons. The molecule has 0 saturated carbocycles. The maximum absolute atomic E-state index is 12.1. The van der Waals surface area contributed by atoms with Crippen molar-refractivity contribution < 1.29 is 9.59 Å². The zero-order chi connectivity index (χ0) is 16.8. The Morgan fingerprint density at radius 3 is 2.50 bits per heavy atom.